The maximum atomic E-state index is 11.9. The summed E-state index contributed by atoms with van der Waals surface area (Å²) in [5, 5.41) is 52.4. The molecular formula is C28H56N2O8. The molecule has 0 aliphatic carbocycles. The van der Waals surface area contributed by atoms with Crippen LogP contribution in [0, 0.1) is 17.8 Å². The second kappa shape index (κ2) is 14.7. The lowest BCUT2D eigenvalue weighted by molar-refractivity contribution is -0.253. The van der Waals surface area contributed by atoms with E-state index in [1.54, 1.807) is 27.7 Å². The number of aliphatic carboxylic acids is 1. The fourth-order valence-corrected chi connectivity index (χ4v) is 6.01. The molecule has 0 saturated carbocycles. The molecule has 1 heterocycles. The molecule has 226 valence electrons. The highest BCUT2D eigenvalue weighted by atomic mass is 16.7. The van der Waals surface area contributed by atoms with Crippen molar-refractivity contribution in [3.63, 3.8) is 0 Å². The quantitative estimate of drug-likeness (QED) is 0.168. The molecule has 10 nitrogen and oxygen atoms in total. The van der Waals surface area contributed by atoms with E-state index < -0.39 is 59.8 Å². The standard InChI is InChI=1S/C28H56N2O8/c1-10-11-28(8,36)25(32)19(5)30(9)15-16(2)13-27(7,35)14-17(3)24(18(4)26(33)34)38-22-12-21(29)23(31)20(6)37-22/h16-25,31-32,35-36H,10-15,29H2,1-9H3,(H,33,34)/t16-,17-,18-,19-,20-,21?,22+,23-,24?,25-,27-,28-/m1/s1. The highest BCUT2D eigenvalue weighted by Gasteiger charge is 2.40. The predicted molar refractivity (Wildman–Crippen MR) is 146 cm³/mol. The van der Waals surface area contributed by atoms with Gasteiger partial charge in [-0.15, -0.1) is 0 Å². The van der Waals surface area contributed by atoms with Crippen LogP contribution in [0.25, 0.3) is 0 Å². The summed E-state index contributed by atoms with van der Waals surface area (Å²) >= 11 is 0. The number of carboxylic acid groups (broad SMARTS) is 1. The molecule has 1 fully saturated rings. The van der Waals surface area contributed by atoms with E-state index in [2.05, 4.69) is 0 Å². The lowest BCUT2D eigenvalue weighted by atomic mass is 9.80. The fourth-order valence-electron chi connectivity index (χ4n) is 6.01. The summed E-state index contributed by atoms with van der Waals surface area (Å²) < 4.78 is 11.9. The Morgan fingerprint density at radius 2 is 1.76 bits per heavy atom. The van der Waals surface area contributed by atoms with Crippen molar-refractivity contribution in [3.05, 3.63) is 0 Å². The molecule has 1 aliphatic rings. The van der Waals surface area contributed by atoms with E-state index >= 15 is 0 Å². The highest BCUT2D eigenvalue weighted by molar-refractivity contribution is 5.70. The molecule has 0 bridgehead atoms. The second-order valence-electron chi connectivity index (χ2n) is 12.6. The molecule has 0 amide bonds. The third-order valence-electron chi connectivity index (χ3n) is 8.20. The Balaban J connectivity index is 2.83. The number of carboxylic acids is 1. The molecule has 1 saturated heterocycles. The summed E-state index contributed by atoms with van der Waals surface area (Å²) in [4.78, 5) is 13.9. The second-order valence-corrected chi connectivity index (χ2v) is 12.6. The fraction of sp³-hybridized carbons (Fsp3) is 0.964. The van der Waals surface area contributed by atoms with E-state index in [1.165, 1.54) is 0 Å². The van der Waals surface area contributed by atoms with E-state index in [0.29, 0.717) is 25.8 Å². The molecule has 0 aromatic carbocycles. The molecule has 1 aliphatic heterocycles. The Morgan fingerprint density at radius 1 is 1.18 bits per heavy atom. The Morgan fingerprint density at radius 3 is 2.26 bits per heavy atom. The van der Waals surface area contributed by atoms with Gasteiger partial charge in [-0.1, -0.05) is 27.2 Å². The van der Waals surface area contributed by atoms with Crippen LogP contribution in [0.4, 0.5) is 0 Å². The summed E-state index contributed by atoms with van der Waals surface area (Å²) in [5.74, 6) is -2.10. The minimum Gasteiger partial charge on any atom is -0.481 e. The number of hydrogen-bond acceptors (Lipinski definition) is 9. The third-order valence-corrected chi connectivity index (χ3v) is 8.20. The Kier molecular flexibility index (Phi) is 13.6. The van der Waals surface area contributed by atoms with E-state index in [4.69, 9.17) is 15.2 Å². The Labute approximate surface area is 229 Å². The van der Waals surface area contributed by atoms with E-state index in [9.17, 15) is 30.3 Å². The highest BCUT2D eigenvalue weighted by Crippen LogP contribution is 2.33. The SMILES string of the molecule is CCC[C@@](C)(O)[C@H](O)[C@@H](C)N(C)C[C@H](C)C[C@@](C)(O)C[C@@H](C)C(O[C@H]1CC(N)[C@H](O)[C@@H](C)O1)[C@@H](C)C(=O)O. The van der Waals surface area contributed by atoms with Gasteiger partial charge in [-0.3, -0.25) is 4.79 Å². The van der Waals surface area contributed by atoms with Gasteiger partial charge in [0.25, 0.3) is 0 Å². The van der Waals surface area contributed by atoms with Gasteiger partial charge in [0.2, 0.25) is 0 Å². The topological polar surface area (TPSA) is 166 Å². The first kappa shape index (κ1) is 35.2. The van der Waals surface area contributed by atoms with Crippen LogP contribution in [0.15, 0.2) is 0 Å². The minimum absolute atomic E-state index is 0.0613. The van der Waals surface area contributed by atoms with Crippen LogP contribution in [0.5, 0.6) is 0 Å². The summed E-state index contributed by atoms with van der Waals surface area (Å²) in [6.07, 6.45) is -1.45. The number of aliphatic hydroxyl groups excluding tert-OH is 2. The van der Waals surface area contributed by atoms with Gasteiger partial charge in [-0.05, 0) is 72.8 Å². The van der Waals surface area contributed by atoms with Crippen molar-refractivity contribution in [2.75, 3.05) is 13.6 Å². The van der Waals surface area contributed by atoms with E-state index in [-0.39, 0.29) is 24.3 Å². The number of likely N-dealkylation sites (N-methyl/N-ethyl adjacent to an activating group) is 1. The van der Waals surface area contributed by atoms with Crippen molar-refractivity contribution in [3.8, 4) is 0 Å². The Hall–Kier alpha value is -0.850. The number of nitrogens with zero attached hydrogens (tertiary/aromatic N) is 1. The van der Waals surface area contributed by atoms with Crippen LogP contribution in [-0.4, -0.2) is 104 Å². The van der Waals surface area contributed by atoms with Gasteiger partial charge in [0.1, 0.15) is 0 Å². The van der Waals surface area contributed by atoms with E-state index in [1.807, 2.05) is 39.6 Å². The lowest BCUT2D eigenvalue weighted by Gasteiger charge is -2.41. The lowest BCUT2D eigenvalue weighted by Crippen LogP contribution is -2.53. The van der Waals surface area contributed by atoms with Crippen LogP contribution >= 0.6 is 0 Å². The van der Waals surface area contributed by atoms with Gasteiger partial charge >= 0.3 is 5.97 Å². The maximum absolute atomic E-state index is 11.9. The predicted octanol–water partition coefficient (Wildman–Crippen LogP) is 1.95. The molecule has 38 heavy (non-hydrogen) atoms. The first-order valence-electron chi connectivity index (χ1n) is 14.1. The van der Waals surface area contributed by atoms with E-state index in [0.717, 1.165) is 6.42 Å². The molecule has 0 radical (unpaired) electrons. The minimum atomic E-state index is -1.18. The number of aliphatic hydroxyl groups is 4. The zero-order valence-corrected chi connectivity index (χ0v) is 25.0. The molecular weight excluding hydrogens is 492 g/mol. The smallest absolute Gasteiger partial charge is 0.308 e. The number of ether oxygens (including phenoxy) is 2. The first-order chi connectivity index (χ1) is 17.3. The molecule has 2 unspecified atom stereocenters. The number of hydrogen-bond donors (Lipinski definition) is 6. The summed E-state index contributed by atoms with van der Waals surface area (Å²) in [7, 11) is 1.90. The van der Waals surface area contributed by atoms with Crippen molar-refractivity contribution in [1.29, 1.82) is 0 Å². The van der Waals surface area contributed by atoms with Gasteiger partial charge in [0.05, 0.1) is 41.5 Å². The van der Waals surface area contributed by atoms with Gasteiger partial charge in [0, 0.05) is 25.0 Å². The van der Waals surface area contributed by atoms with Crippen LogP contribution in [0.2, 0.25) is 0 Å². The van der Waals surface area contributed by atoms with Crippen molar-refractivity contribution in [2.24, 2.45) is 23.5 Å². The van der Waals surface area contributed by atoms with Crippen LogP contribution in [-0.2, 0) is 14.3 Å². The number of carbonyl (C=O) groups is 1. The molecule has 12 atom stereocenters. The zero-order chi connectivity index (χ0) is 29.6. The van der Waals surface area contributed by atoms with Gasteiger partial charge in [0.15, 0.2) is 6.29 Å². The van der Waals surface area contributed by atoms with Crippen molar-refractivity contribution >= 4 is 5.97 Å². The average molecular weight is 549 g/mol. The molecule has 1 rings (SSSR count). The van der Waals surface area contributed by atoms with Crippen LogP contribution in [0.3, 0.4) is 0 Å². The molecule has 0 aromatic rings. The summed E-state index contributed by atoms with van der Waals surface area (Å²) in [6, 6.07) is -0.813. The largest absolute Gasteiger partial charge is 0.481 e. The van der Waals surface area contributed by atoms with Crippen molar-refractivity contribution in [2.45, 2.75) is 141 Å². The molecule has 10 heteroatoms. The number of rotatable bonds is 16. The average Bonchev–Trinajstić information content (AvgIpc) is 2.78. The zero-order valence-electron chi connectivity index (χ0n) is 25.0. The molecule has 0 spiro atoms. The van der Waals surface area contributed by atoms with Crippen LogP contribution in [0.1, 0.15) is 87.5 Å². The first-order valence-corrected chi connectivity index (χ1v) is 14.1. The maximum Gasteiger partial charge on any atom is 0.308 e. The van der Waals surface area contributed by atoms with Crippen molar-refractivity contribution < 1.29 is 39.8 Å². The van der Waals surface area contributed by atoms with Gasteiger partial charge in [-0.2, -0.15) is 0 Å². The van der Waals surface area contributed by atoms with Gasteiger partial charge in [-0.25, -0.2) is 0 Å². The summed E-state index contributed by atoms with van der Waals surface area (Å²) in [6.45, 7) is 15.0. The van der Waals surface area contributed by atoms with Gasteiger partial charge < -0.3 is 45.6 Å². The third kappa shape index (κ3) is 10.3. The van der Waals surface area contributed by atoms with Crippen molar-refractivity contribution in [1.82, 2.24) is 4.90 Å². The van der Waals surface area contributed by atoms with Crippen LogP contribution < -0.4 is 5.73 Å². The summed E-state index contributed by atoms with van der Waals surface area (Å²) in [5.41, 5.74) is 3.75. The monoisotopic (exact) mass is 548 g/mol. The normalized spacial score (nSPS) is 30.5. The molecule has 0 aromatic heterocycles. The Bertz CT molecular complexity index is 709. The molecule has 7 N–H and O–H groups in total. The number of nitrogens with two attached hydrogens (primary N) is 1.